The third-order valence-electron chi connectivity index (χ3n) is 5.86. The second kappa shape index (κ2) is 6.04. The summed E-state index contributed by atoms with van der Waals surface area (Å²) in [6.07, 6.45) is 8.61. The van der Waals surface area contributed by atoms with Gasteiger partial charge in [-0.3, -0.25) is 0 Å². The molecule has 2 aliphatic carbocycles. The minimum Gasteiger partial charge on any atom is -0.398 e. The van der Waals surface area contributed by atoms with Gasteiger partial charge in [0.25, 0.3) is 0 Å². The number of halogens is 1. The zero-order valence-electron chi connectivity index (χ0n) is 14.8. The lowest BCUT2D eigenvalue weighted by Gasteiger charge is -2.24. The van der Waals surface area contributed by atoms with E-state index in [1.54, 1.807) is 0 Å². The Labute approximate surface area is 152 Å². The van der Waals surface area contributed by atoms with Crippen molar-refractivity contribution in [2.24, 2.45) is 0 Å². The number of nitrogens with two attached hydrogens (primary N) is 1. The van der Waals surface area contributed by atoms with Crippen LogP contribution in [0.1, 0.15) is 48.2 Å². The van der Waals surface area contributed by atoms with E-state index in [1.165, 1.54) is 29.7 Å². The number of nitrogens with zero attached hydrogens (tertiary/aromatic N) is 2. The van der Waals surface area contributed by atoms with E-state index in [-0.39, 0.29) is 5.82 Å². The van der Waals surface area contributed by atoms with Gasteiger partial charge in [-0.15, -0.1) is 0 Å². The third kappa shape index (κ3) is 2.39. The Morgan fingerprint density at radius 3 is 2.04 bits per heavy atom. The quantitative estimate of drug-likeness (QED) is 0.689. The molecular weight excluding hydrogens is 325 g/mol. The van der Waals surface area contributed by atoms with Gasteiger partial charge in [-0.25, -0.2) is 14.4 Å². The van der Waals surface area contributed by atoms with Gasteiger partial charge in [0.05, 0.1) is 5.39 Å². The lowest BCUT2D eigenvalue weighted by Crippen LogP contribution is -2.14. The molecule has 3 nitrogen and oxygen atoms in total. The van der Waals surface area contributed by atoms with Crippen LogP contribution in [0.3, 0.4) is 0 Å². The van der Waals surface area contributed by atoms with Gasteiger partial charge in [0.15, 0.2) is 5.65 Å². The first-order valence-electron chi connectivity index (χ1n) is 9.61. The summed E-state index contributed by atoms with van der Waals surface area (Å²) in [6, 6.07) is 6.77. The molecule has 1 aromatic carbocycles. The van der Waals surface area contributed by atoms with Gasteiger partial charge in [0, 0.05) is 17.1 Å². The Kier molecular flexibility index (Phi) is 3.66. The zero-order valence-corrected chi connectivity index (χ0v) is 14.8. The van der Waals surface area contributed by atoms with E-state index in [4.69, 9.17) is 15.7 Å². The van der Waals surface area contributed by atoms with E-state index in [1.807, 2.05) is 12.1 Å². The number of pyridine rings is 2. The van der Waals surface area contributed by atoms with Crippen molar-refractivity contribution in [2.75, 3.05) is 5.73 Å². The molecule has 26 heavy (non-hydrogen) atoms. The fourth-order valence-electron chi connectivity index (χ4n) is 4.58. The van der Waals surface area contributed by atoms with Gasteiger partial charge in [-0.2, -0.15) is 0 Å². The molecule has 2 N–H and O–H groups in total. The van der Waals surface area contributed by atoms with Crippen LogP contribution in [-0.2, 0) is 25.7 Å². The standard InChI is InChI=1S/C22H22FN3/c23-14-11-9-13(10-12-14)19-15-5-1-3-7-17(15)25-22-20(19)21(24)16-6-2-4-8-18(16)26-22/h9-12H,1-8H2,(H2,24,25,26). The normalized spacial score (nSPS) is 16.3. The summed E-state index contributed by atoms with van der Waals surface area (Å²) < 4.78 is 13.5. The number of benzene rings is 1. The largest absolute Gasteiger partial charge is 0.398 e. The number of hydrogen-bond donors (Lipinski definition) is 1. The van der Waals surface area contributed by atoms with E-state index in [0.29, 0.717) is 0 Å². The Morgan fingerprint density at radius 1 is 0.769 bits per heavy atom. The zero-order chi connectivity index (χ0) is 17.7. The number of hydrogen-bond acceptors (Lipinski definition) is 3. The molecule has 132 valence electrons. The van der Waals surface area contributed by atoms with Gasteiger partial charge in [-0.1, -0.05) is 12.1 Å². The molecule has 4 heteroatoms. The number of fused-ring (bicyclic) bond motifs is 3. The van der Waals surface area contributed by atoms with Crippen LogP contribution in [0.15, 0.2) is 24.3 Å². The van der Waals surface area contributed by atoms with E-state index >= 15 is 0 Å². The van der Waals surface area contributed by atoms with E-state index < -0.39 is 0 Å². The van der Waals surface area contributed by atoms with Gasteiger partial charge in [0.2, 0.25) is 0 Å². The number of anilines is 1. The first-order chi connectivity index (χ1) is 12.7. The molecule has 2 aromatic heterocycles. The molecule has 0 atom stereocenters. The predicted octanol–water partition coefficient (Wildman–Crippen LogP) is 4.78. The van der Waals surface area contributed by atoms with Crippen molar-refractivity contribution in [3.8, 4) is 11.1 Å². The SMILES string of the molecule is Nc1c2c(nc3nc4c(c(-c5ccc(F)cc5)c13)CCCC4)CCCC2. The molecule has 0 amide bonds. The molecule has 0 unspecified atom stereocenters. The van der Waals surface area contributed by atoms with Crippen LogP contribution in [-0.4, -0.2) is 9.97 Å². The van der Waals surface area contributed by atoms with Crippen LogP contribution in [0.4, 0.5) is 10.1 Å². The van der Waals surface area contributed by atoms with Crippen molar-refractivity contribution < 1.29 is 4.39 Å². The smallest absolute Gasteiger partial charge is 0.162 e. The number of aryl methyl sites for hydroxylation is 2. The van der Waals surface area contributed by atoms with Crippen LogP contribution >= 0.6 is 0 Å². The molecule has 2 aliphatic rings. The van der Waals surface area contributed by atoms with Gasteiger partial charge >= 0.3 is 0 Å². The van der Waals surface area contributed by atoms with Gasteiger partial charge < -0.3 is 5.73 Å². The first-order valence-corrected chi connectivity index (χ1v) is 9.61. The Morgan fingerprint density at radius 2 is 1.35 bits per heavy atom. The second-order valence-corrected chi connectivity index (χ2v) is 7.48. The van der Waals surface area contributed by atoms with Crippen molar-refractivity contribution >= 4 is 16.7 Å². The van der Waals surface area contributed by atoms with Crippen molar-refractivity contribution in [1.82, 2.24) is 9.97 Å². The Balaban J connectivity index is 1.89. The summed E-state index contributed by atoms with van der Waals surface area (Å²) in [5, 5.41) is 0.970. The fraction of sp³-hybridized carbons (Fsp3) is 0.364. The monoisotopic (exact) mass is 347 g/mol. The maximum Gasteiger partial charge on any atom is 0.162 e. The minimum atomic E-state index is -0.218. The van der Waals surface area contributed by atoms with Crippen LogP contribution in [0, 0.1) is 5.82 Å². The number of rotatable bonds is 1. The average molecular weight is 347 g/mol. The van der Waals surface area contributed by atoms with Crippen LogP contribution in [0.25, 0.3) is 22.2 Å². The average Bonchev–Trinajstić information content (AvgIpc) is 2.67. The topological polar surface area (TPSA) is 51.8 Å². The molecule has 5 rings (SSSR count). The highest BCUT2D eigenvalue weighted by Gasteiger charge is 2.24. The molecule has 0 fully saturated rings. The molecular formula is C22H22FN3. The van der Waals surface area contributed by atoms with Crippen molar-refractivity contribution in [1.29, 1.82) is 0 Å². The third-order valence-corrected chi connectivity index (χ3v) is 5.86. The molecule has 2 heterocycles. The lowest BCUT2D eigenvalue weighted by atomic mass is 9.85. The summed E-state index contributed by atoms with van der Waals surface area (Å²) in [5.74, 6) is -0.218. The summed E-state index contributed by atoms with van der Waals surface area (Å²) in [6.45, 7) is 0. The molecule has 0 bridgehead atoms. The lowest BCUT2D eigenvalue weighted by molar-refractivity contribution is 0.628. The van der Waals surface area contributed by atoms with Crippen LogP contribution in [0.2, 0.25) is 0 Å². The Bertz CT molecular complexity index is 1000. The summed E-state index contributed by atoms with van der Waals surface area (Å²) in [7, 11) is 0. The highest BCUT2D eigenvalue weighted by molar-refractivity contribution is 6.03. The van der Waals surface area contributed by atoms with Crippen molar-refractivity contribution in [3.63, 3.8) is 0 Å². The van der Waals surface area contributed by atoms with E-state index in [0.717, 1.165) is 84.2 Å². The van der Waals surface area contributed by atoms with Crippen LogP contribution in [0.5, 0.6) is 0 Å². The first kappa shape index (κ1) is 15.7. The fourth-order valence-corrected chi connectivity index (χ4v) is 4.58. The highest BCUT2D eigenvalue weighted by Crippen LogP contribution is 2.41. The summed E-state index contributed by atoms with van der Waals surface area (Å²) in [5.41, 5.74) is 15.2. The highest BCUT2D eigenvalue weighted by atomic mass is 19.1. The van der Waals surface area contributed by atoms with E-state index in [2.05, 4.69) is 0 Å². The molecule has 0 saturated heterocycles. The second-order valence-electron chi connectivity index (χ2n) is 7.48. The number of aromatic nitrogens is 2. The maximum atomic E-state index is 13.5. The van der Waals surface area contributed by atoms with E-state index in [9.17, 15) is 4.39 Å². The maximum absolute atomic E-state index is 13.5. The predicted molar refractivity (Wildman–Crippen MR) is 103 cm³/mol. The molecule has 3 aromatic rings. The van der Waals surface area contributed by atoms with Crippen LogP contribution < -0.4 is 5.73 Å². The number of nitrogen functional groups attached to an aromatic ring is 1. The summed E-state index contributed by atoms with van der Waals surface area (Å²) in [4.78, 5) is 9.85. The van der Waals surface area contributed by atoms with Crippen molar-refractivity contribution in [3.05, 3.63) is 52.6 Å². The van der Waals surface area contributed by atoms with Gasteiger partial charge in [0.1, 0.15) is 5.82 Å². The minimum absolute atomic E-state index is 0.218. The molecule has 0 saturated carbocycles. The summed E-state index contributed by atoms with van der Waals surface area (Å²) >= 11 is 0. The molecule has 0 radical (unpaired) electrons. The Hall–Kier alpha value is -2.49. The molecule has 0 spiro atoms. The van der Waals surface area contributed by atoms with Crippen molar-refractivity contribution in [2.45, 2.75) is 51.4 Å². The van der Waals surface area contributed by atoms with Gasteiger partial charge in [-0.05, 0) is 85.8 Å². The molecule has 0 aliphatic heterocycles.